The average molecular weight is 365 g/mol. The maximum absolute atomic E-state index is 13.1. The van der Waals surface area contributed by atoms with Crippen molar-refractivity contribution in [1.82, 2.24) is 10.6 Å². The number of aliphatic hydroxyl groups is 2. The predicted molar refractivity (Wildman–Crippen MR) is 90.6 cm³/mol. The molecule has 5 N–H and O–H groups in total. The van der Waals surface area contributed by atoms with Crippen molar-refractivity contribution in [2.24, 2.45) is 0 Å². The Hall–Kier alpha value is -2.67. The zero-order valence-electron chi connectivity index (χ0n) is 13.8. The molecular formula is C17H20FN3O5. The second kappa shape index (κ2) is 9.15. The number of urea groups is 1. The first-order valence-electron chi connectivity index (χ1n) is 7.93. The van der Waals surface area contributed by atoms with E-state index >= 15 is 0 Å². The molecule has 4 atom stereocenters. The Balaban J connectivity index is 1.81. The molecule has 0 aliphatic carbocycles. The minimum absolute atomic E-state index is 0.0510. The van der Waals surface area contributed by atoms with E-state index in [4.69, 9.17) is 11.2 Å². The van der Waals surface area contributed by atoms with Crippen LogP contribution in [0, 0.1) is 18.2 Å². The molecule has 1 fully saturated rings. The summed E-state index contributed by atoms with van der Waals surface area (Å²) in [5.41, 5.74) is 0.262. The van der Waals surface area contributed by atoms with Gasteiger partial charge in [0, 0.05) is 12.2 Å². The standard InChI is InChI=1S/C17H20FN3O5/c1-2-6-19-14(22)8-12-15(23)16(24)13(26-12)9-20-17(25)21-11-5-3-4-10(18)7-11/h1,3-5,7,12-13,15-16,23-24H,6,8-9H2,(H,19,22)(H2,20,21,25)/t12-,13-,15+,16-/m1/s1. The zero-order chi connectivity index (χ0) is 19.1. The van der Waals surface area contributed by atoms with Crippen LogP contribution in [0.2, 0.25) is 0 Å². The maximum atomic E-state index is 13.1. The number of halogens is 1. The van der Waals surface area contributed by atoms with E-state index in [0.29, 0.717) is 0 Å². The van der Waals surface area contributed by atoms with E-state index in [1.807, 2.05) is 0 Å². The number of terminal acetylenes is 1. The molecule has 0 spiro atoms. The summed E-state index contributed by atoms with van der Waals surface area (Å²) in [6.07, 6.45) is 0.508. The lowest BCUT2D eigenvalue weighted by molar-refractivity contribution is -0.124. The number of hydrogen-bond acceptors (Lipinski definition) is 5. The van der Waals surface area contributed by atoms with Gasteiger partial charge in [-0.1, -0.05) is 12.0 Å². The molecule has 1 aromatic carbocycles. The lowest BCUT2D eigenvalue weighted by Gasteiger charge is -2.15. The van der Waals surface area contributed by atoms with E-state index in [1.54, 1.807) is 0 Å². The molecular weight excluding hydrogens is 345 g/mol. The van der Waals surface area contributed by atoms with Gasteiger partial charge in [0.25, 0.3) is 0 Å². The molecule has 140 valence electrons. The highest BCUT2D eigenvalue weighted by Crippen LogP contribution is 2.23. The van der Waals surface area contributed by atoms with Crippen LogP contribution in [0.3, 0.4) is 0 Å². The first-order valence-corrected chi connectivity index (χ1v) is 7.93. The second-order valence-electron chi connectivity index (χ2n) is 5.72. The van der Waals surface area contributed by atoms with Crippen molar-refractivity contribution in [1.29, 1.82) is 0 Å². The Morgan fingerprint density at radius 3 is 2.65 bits per heavy atom. The molecule has 8 nitrogen and oxygen atoms in total. The topological polar surface area (TPSA) is 120 Å². The van der Waals surface area contributed by atoms with E-state index < -0.39 is 42.2 Å². The fourth-order valence-electron chi connectivity index (χ4n) is 2.50. The van der Waals surface area contributed by atoms with Gasteiger partial charge in [-0.2, -0.15) is 0 Å². The Morgan fingerprint density at radius 2 is 1.96 bits per heavy atom. The van der Waals surface area contributed by atoms with Crippen molar-refractivity contribution in [3.63, 3.8) is 0 Å². The number of hydrogen-bond donors (Lipinski definition) is 5. The van der Waals surface area contributed by atoms with Crippen LogP contribution in [0.25, 0.3) is 0 Å². The average Bonchev–Trinajstić information content (AvgIpc) is 2.86. The van der Waals surface area contributed by atoms with Crippen LogP contribution in [-0.2, 0) is 9.53 Å². The van der Waals surface area contributed by atoms with Crippen LogP contribution in [-0.4, -0.2) is 59.7 Å². The molecule has 9 heteroatoms. The molecule has 1 aliphatic heterocycles. The first-order chi connectivity index (χ1) is 12.4. The Morgan fingerprint density at radius 1 is 1.23 bits per heavy atom. The third-order valence-corrected chi connectivity index (χ3v) is 3.78. The minimum atomic E-state index is -1.27. The van der Waals surface area contributed by atoms with Crippen molar-refractivity contribution < 1.29 is 28.9 Å². The molecule has 2 rings (SSSR count). The fraction of sp³-hybridized carbons (Fsp3) is 0.412. The number of ether oxygens (including phenoxy) is 1. The lowest BCUT2D eigenvalue weighted by atomic mass is 10.1. The highest BCUT2D eigenvalue weighted by molar-refractivity contribution is 5.89. The number of anilines is 1. The fourth-order valence-corrected chi connectivity index (χ4v) is 2.50. The largest absolute Gasteiger partial charge is 0.388 e. The van der Waals surface area contributed by atoms with Crippen LogP contribution in [0.1, 0.15) is 6.42 Å². The molecule has 0 unspecified atom stereocenters. The number of aliphatic hydroxyl groups excluding tert-OH is 2. The van der Waals surface area contributed by atoms with Crippen molar-refractivity contribution in [3.05, 3.63) is 30.1 Å². The van der Waals surface area contributed by atoms with Gasteiger partial charge in [-0.05, 0) is 18.2 Å². The van der Waals surface area contributed by atoms with E-state index in [-0.39, 0.29) is 25.2 Å². The number of nitrogens with one attached hydrogen (secondary N) is 3. The van der Waals surface area contributed by atoms with Crippen molar-refractivity contribution in [2.75, 3.05) is 18.4 Å². The number of carbonyl (C=O) groups excluding carboxylic acids is 2. The molecule has 0 saturated carbocycles. The summed E-state index contributed by atoms with van der Waals surface area (Å²) in [4.78, 5) is 23.4. The van der Waals surface area contributed by atoms with Gasteiger partial charge >= 0.3 is 6.03 Å². The molecule has 26 heavy (non-hydrogen) atoms. The quantitative estimate of drug-likeness (QED) is 0.439. The number of benzene rings is 1. The summed E-state index contributed by atoms with van der Waals surface area (Å²) in [5, 5.41) is 27.3. The molecule has 1 heterocycles. The summed E-state index contributed by atoms with van der Waals surface area (Å²) < 4.78 is 18.5. The summed E-state index contributed by atoms with van der Waals surface area (Å²) >= 11 is 0. The lowest BCUT2D eigenvalue weighted by Crippen LogP contribution is -2.41. The van der Waals surface area contributed by atoms with Crippen molar-refractivity contribution in [3.8, 4) is 12.3 Å². The number of rotatable bonds is 6. The van der Waals surface area contributed by atoms with Crippen LogP contribution in [0.4, 0.5) is 14.9 Å². The highest BCUT2D eigenvalue weighted by Gasteiger charge is 2.43. The van der Waals surface area contributed by atoms with E-state index in [9.17, 15) is 24.2 Å². The third kappa shape index (κ3) is 5.42. The molecule has 0 bridgehead atoms. The minimum Gasteiger partial charge on any atom is -0.388 e. The predicted octanol–water partition coefficient (Wildman–Crippen LogP) is -0.424. The van der Waals surface area contributed by atoms with Gasteiger partial charge in [0.1, 0.15) is 24.1 Å². The smallest absolute Gasteiger partial charge is 0.319 e. The van der Waals surface area contributed by atoms with Gasteiger partial charge < -0.3 is 30.9 Å². The van der Waals surface area contributed by atoms with Gasteiger partial charge in [-0.15, -0.1) is 6.42 Å². The van der Waals surface area contributed by atoms with E-state index in [2.05, 4.69) is 21.9 Å². The zero-order valence-corrected chi connectivity index (χ0v) is 13.8. The SMILES string of the molecule is C#CCNC(=O)C[C@H]1O[C@H](CNC(=O)Nc2cccc(F)c2)[C@@H](O)[C@H]1O. The monoisotopic (exact) mass is 365 g/mol. The summed E-state index contributed by atoms with van der Waals surface area (Å²) in [6, 6.07) is 4.72. The molecule has 1 aliphatic rings. The van der Waals surface area contributed by atoms with Gasteiger partial charge in [0.05, 0.1) is 19.1 Å². The number of amides is 3. The van der Waals surface area contributed by atoms with E-state index in [1.165, 1.54) is 18.2 Å². The van der Waals surface area contributed by atoms with Crippen molar-refractivity contribution >= 4 is 17.6 Å². The molecule has 1 aromatic rings. The van der Waals surface area contributed by atoms with Crippen LogP contribution >= 0.6 is 0 Å². The van der Waals surface area contributed by atoms with E-state index in [0.717, 1.165) is 6.07 Å². The highest BCUT2D eigenvalue weighted by atomic mass is 19.1. The summed E-state index contributed by atoms with van der Waals surface area (Å²) in [5.74, 6) is 1.33. The maximum Gasteiger partial charge on any atom is 0.319 e. The third-order valence-electron chi connectivity index (χ3n) is 3.78. The first kappa shape index (κ1) is 19.7. The second-order valence-corrected chi connectivity index (χ2v) is 5.72. The molecule has 3 amide bonds. The summed E-state index contributed by atoms with van der Waals surface area (Å²) in [7, 11) is 0. The molecule has 1 saturated heterocycles. The molecule has 0 radical (unpaired) electrons. The van der Waals surface area contributed by atoms with Crippen molar-refractivity contribution in [2.45, 2.75) is 30.8 Å². The molecule has 0 aromatic heterocycles. The van der Waals surface area contributed by atoms with Crippen LogP contribution < -0.4 is 16.0 Å². The summed E-state index contributed by atoms with van der Waals surface area (Å²) in [6.45, 7) is -0.0582. The van der Waals surface area contributed by atoms with Gasteiger partial charge in [-0.25, -0.2) is 9.18 Å². The van der Waals surface area contributed by atoms with Crippen LogP contribution in [0.5, 0.6) is 0 Å². The number of carbonyl (C=O) groups is 2. The van der Waals surface area contributed by atoms with Gasteiger partial charge in [-0.3, -0.25) is 4.79 Å². The normalized spacial score (nSPS) is 24.5. The Labute approximate surface area is 149 Å². The van der Waals surface area contributed by atoms with Crippen LogP contribution in [0.15, 0.2) is 24.3 Å². The Kier molecular flexibility index (Phi) is 6.91. The Bertz CT molecular complexity index is 693. The van der Waals surface area contributed by atoms with Gasteiger partial charge in [0.15, 0.2) is 0 Å². The van der Waals surface area contributed by atoms with Gasteiger partial charge in [0.2, 0.25) is 5.91 Å².